The average Bonchev–Trinajstić information content (AvgIpc) is 2.53. The fourth-order valence-electron chi connectivity index (χ4n) is 1.39. The summed E-state index contributed by atoms with van der Waals surface area (Å²) in [6, 6.07) is 8.05. The molecule has 0 aliphatic carbocycles. The van der Waals surface area contributed by atoms with Crippen molar-refractivity contribution >= 4 is 24.5 Å². The number of thiol groups is 1. The number of amides is 1. The molecule has 116 valence electrons. The third kappa shape index (κ3) is 4.71. The van der Waals surface area contributed by atoms with Gasteiger partial charge in [0.1, 0.15) is 16.8 Å². The summed E-state index contributed by atoms with van der Waals surface area (Å²) in [5, 5.41) is 8.80. The van der Waals surface area contributed by atoms with Gasteiger partial charge in [-0.05, 0) is 31.2 Å². The zero-order valence-corrected chi connectivity index (χ0v) is 12.9. The number of esters is 1. The van der Waals surface area contributed by atoms with Crippen LogP contribution in [0.1, 0.15) is 17.3 Å². The van der Waals surface area contributed by atoms with E-state index in [0.29, 0.717) is 11.3 Å². The molecule has 0 aliphatic rings. The number of nitrogens with one attached hydrogen (secondary N) is 2. The molecule has 7 nitrogen and oxygen atoms in total. The number of carbonyl (C=O) groups excluding carboxylic acids is 2. The summed E-state index contributed by atoms with van der Waals surface area (Å²) in [5.41, 5.74) is 4.75. The number of rotatable bonds is 6. The first-order valence-corrected chi connectivity index (χ1v) is 6.69. The van der Waals surface area contributed by atoms with E-state index in [1.54, 1.807) is 37.3 Å². The van der Waals surface area contributed by atoms with Gasteiger partial charge in [-0.2, -0.15) is 5.26 Å². The molecule has 0 saturated heterocycles. The number of carbonyl (C=O) groups is 2. The molecule has 0 fully saturated rings. The van der Waals surface area contributed by atoms with E-state index < -0.39 is 11.9 Å². The number of hydrogen-bond acceptors (Lipinski definition) is 7. The van der Waals surface area contributed by atoms with Gasteiger partial charge < -0.3 is 9.47 Å². The Labute approximate surface area is 133 Å². The number of ether oxygens (including phenoxy) is 2. The van der Waals surface area contributed by atoms with Crippen molar-refractivity contribution in [3.63, 3.8) is 0 Å². The number of hydrogen-bond donors (Lipinski definition) is 3. The highest BCUT2D eigenvalue weighted by Gasteiger charge is 2.15. The Bertz CT molecular complexity index is 620. The van der Waals surface area contributed by atoms with Gasteiger partial charge in [0.15, 0.2) is 5.57 Å². The number of nitrogens with zero attached hydrogens (tertiary/aromatic N) is 1. The Hall–Kier alpha value is -2.66. The van der Waals surface area contributed by atoms with Crippen LogP contribution in [-0.4, -0.2) is 25.6 Å². The summed E-state index contributed by atoms with van der Waals surface area (Å²) in [7, 11) is 1.52. The fourth-order valence-corrected chi connectivity index (χ4v) is 1.59. The van der Waals surface area contributed by atoms with Gasteiger partial charge in [-0.25, -0.2) is 4.79 Å². The molecule has 0 spiro atoms. The Morgan fingerprint density at radius 1 is 1.27 bits per heavy atom. The number of hydrazine groups is 1. The standard InChI is InChI=1S/C14H15N3O4S/c1-3-21-14(19)11(8-15)13(22)17-16-12(18)9-4-6-10(20-2)7-5-9/h4-7,17,22H,3H2,1-2H3,(H,16,18)/b13-11+. The monoisotopic (exact) mass is 321 g/mol. The van der Waals surface area contributed by atoms with Gasteiger partial charge in [-0.3, -0.25) is 15.6 Å². The molecule has 8 heteroatoms. The minimum Gasteiger partial charge on any atom is -0.497 e. The molecule has 0 aromatic heterocycles. The van der Waals surface area contributed by atoms with Gasteiger partial charge in [0.05, 0.1) is 13.7 Å². The van der Waals surface area contributed by atoms with Crippen LogP contribution in [0.3, 0.4) is 0 Å². The first-order chi connectivity index (χ1) is 10.5. The second-order valence-corrected chi connectivity index (χ2v) is 4.31. The minimum absolute atomic E-state index is 0.109. The summed E-state index contributed by atoms with van der Waals surface area (Å²) in [6.07, 6.45) is 0. The van der Waals surface area contributed by atoms with Crippen molar-refractivity contribution in [3.05, 3.63) is 40.4 Å². The Balaban J connectivity index is 2.72. The van der Waals surface area contributed by atoms with E-state index in [0.717, 1.165) is 0 Å². The molecule has 0 saturated carbocycles. The van der Waals surface area contributed by atoms with E-state index in [1.165, 1.54) is 7.11 Å². The van der Waals surface area contributed by atoms with Crippen molar-refractivity contribution in [2.24, 2.45) is 0 Å². The molecule has 0 heterocycles. The predicted molar refractivity (Wildman–Crippen MR) is 81.9 cm³/mol. The zero-order valence-electron chi connectivity index (χ0n) is 12.0. The van der Waals surface area contributed by atoms with Gasteiger partial charge in [0, 0.05) is 5.56 Å². The highest BCUT2D eigenvalue weighted by Crippen LogP contribution is 2.11. The summed E-state index contributed by atoms with van der Waals surface area (Å²) in [6.45, 7) is 1.74. The van der Waals surface area contributed by atoms with Crippen molar-refractivity contribution in [1.82, 2.24) is 10.9 Å². The molecule has 1 amide bonds. The van der Waals surface area contributed by atoms with Gasteiger partial charge in [-0.15, -0.1) is 12.6 Å². The third-order valence-electron chi connectivity index (χ3n) is 2.47. The smallest absolute Gasteiger partial charge is 0.351 e. The van der Waals surface area contributed by atoms with Crippen molar-refractivity contribution in [3.8, 4) is 11.8 Å². The molecule has 1 rings (SSSR count). The van der Waals surface area contributed by atoms with Gasteiger partial charge >= 0.3 is 5.97 Å². The molecule has 0 radical (unpaired) electrons. The van der Waals surface area contributed by atoms with Crippen molar-refractivity contribution < 1.29 is 19.1 Å². The van der Waals surface area contributed by atoms with Gasteiger partial charge in [-0.1, -0.05) is 0 Å². The van der Waals surface area contributed by atoms with Crippen molar-refractivity contribution in [1.29, 1.82) is 5.26 Å². The summed E-state index contributed by atoms with van der Waals surface area (Å²) < 4.78 is 9.69. The molecule has 2 N–H and O–H groups in total. The SMILES string of the molecule is CCOC(=O)/C(C#N)=C(/S)NNC(=O)c1ccc(OC)cc1. The van der Waals surface area contributed by atoms with E-state index in [2.05, 4.69) is 23.5 Å². The highest BCUT2D eigenvalue weighted by atomic mass is 32.1. The second kappa shape index (κ2) is 8.59. The summed E-state index contributed by atoms with van der Waals surface area (Å²) in [4.78, 5) is 23.4. The van der Waals surface area contributed by atoms with Crippen LogP contribution < -0.4 is 15.6 Å². The second-order valence-electron chi connectivity index (χ2n) is 3.86. The van der Waals surface area contributed by atoms with Crippen LogP contribution in [-0.2, 0) is 9.53 Å². The number of methoxy groups -OCH3 is 1. The van der Waals surface area contributed by atoms with E-state index >= 15 is 0 Å². The fraction of sp³-hybridized carbons (Fsp3) is 0.214. The lowest BCUT2D eigenvalue weighted by molar-refractivity contribution is -0.138. The van der Waals surface area contributed by atoms with Crippen molar-refractivity contribution in [2.45, 2.75) is 6.92 Å². The normalized spacial score (nSPS) is 10.8. The number of benzene rings is 1. The van der Waals surface area contributed by atoms with Gasteiger partial charge in [0.25, 0.3) is 5.91 Å². The highest BCUT2D eigenvalue weighted by molar-refractivity contribution is 7.84. The molecule has 0 aliphatic heterocycles. The summed E-state index contributed by atoms with van der Waals surface area (Å²) >= 11 is 3.97. The molecule has 0 unspecified atom stereocenters. The first kappa shape index (κ1) is 17.4. The Morgan fingerprint density at radius 3 is 2.41 bits per heavy atom. The third-order valence-corrected chi connectivity index (χ3v) is 2.81. The van der Waals surface area contributed by atoms with Crippen LogP contribution in [0.25, 0.3) is 0 Å². The Morgan fingerprint density at radius 2 is 1.91 bits per heavy atom. The van der Waals surface area contributed by atoms with E-state index in [9.17, 15) is 9.59 Å². The molecule has 0 bridgehead atoms. The molecule has 1 aromatic carbocycles. The van der Waals surface area contributed by atoms with Crippen LogP contribution in [0.4, 0.5) is 0 Å². The van der Waals surface area contributed by atoms with Gasteiger partial charge in [0.2, 0.25) is 0 Å². The van der Waals surface area contributed by atoms with Crippen LogP contribution in [0.5, 0.6) is 5.75 Å². The van der Waals surface area contributed by atoms with Crippen LogP contribution in [0.15, 0.2) is 34.9 Å². The quantitative estimate of drug-likeness (QED) is 0.239. The lowest BCUT2D eigenvalue weighted by atomic mass is 10.2. The first-order valence-electron chi connectivity index (χ1n) is 6.24. The minimum atomic E-state index is -0.818. The zero-order chi connectivity index (χ0) is 16.5. The maximum atomic E-state index is 11.9. The van der Waals surface area contributed by atoms with Crippen LogP contribution in [0, 0.1) is 11.3 Å². The van der Waals surface area contributed by atoms with Crippen molar-refractivity contribution in [2.75, 3.05) is 13.7 Å². The lowest BCUT2D eigenvalue weighted by Crippen LogP contribution is -2.36. The summed E-state index contributed by atoms with van der Waals surface area (Å²) in [5.74, 6) is -0.662. The largest absolute Gasteiger partial charge is 0.497 e. The van der Waals surface area contributed by atoms with Crippen LogP contribution >= 0.6 is 12.6 Å². The van der Waals surface area contributed by atoms with E-state index in [4.69, 9.17) is 14.7 Å². The molecular formula is C14H15N3O4S. The molecule has 0 atom stereocenters. The van der Waals surface area contributed by atoms with E-state index in [-0.39, 0.29) is 17.2 Å². The molecule has 22 heavy (non-hydrogen) atoms. The number of nitriles is 1. The van der Waals surface area contributed by atoms with Crippen LogP contribution in [0.2, 0.25) is 0 Å². The maximum Gasteiger partial charge on any atom is 0.351 e. The Kier molecular flexibility index (Phi) is 6.79. The molecule has 1 aromatic rings. The lowest BCUT2D eigenvalue weighted by Gasteiger charge is -2.10. The average molecular weight is 321 g/mol. The predicted octanol–water partition coefficient (Wildman–Crippen LogP) is 1.16. The topological polar surface area (TPSA) is 100 Å². The molecular weight excluding hydrogens is 306 g/mol. The van der Waals surface area contributed by atoms with E-state index in [1.807, 2.05) is 0 Å². The maximum absolute atomic E-state index is 11.9.